The number of rotatable bonds is 3. The van der Waals surface area contributed by atoms with Crippen LogP contribution < -0.4 is 5.73 Å². The fourth-order valence-electron chi connectivity index (χ4n) is 1.87. The van der Waals surface area contributed by atoms with E-state index >= 15 is 0 Å². The fraction of sp³-hybridized carbons (Fsp3) is 0.647. The van der Waals surface area contributed by atoms with Gasteiger partial charge in [0, 0.05) is 6.04 Å². The van der Waals surface area contributed by atoms with E-state index in [1.165, 1.54) is 11.1 Å². The minimum Gasteiger partial charge on any atom is -0.324 e. The van der Waals surface area contributed by atoms with E-state index in [0.717, 1.165) is 6.42 Å². The predicted molar refractivity (Wildman–Crippen MR) is 82.9 cm³/mol. The molecule has 0 saturated carbocycles. The molecule has 0 radical (unpaired) electrons. The van der Waals surface area contributed by atoms with Gasteiger partial charge in [0.15, 0.2) is 0 Å². The summed E-state index contributed by atoms with van der Waals surface area (Å²) in [5, 5.41) is 0. The second kappa shape index (κ2) is 7.58. The van der Waals surface area contributed by atoms with Crippen molar-refractivity contribution in [2.75, 3.05) is 0 Å². The molecule has 2 N–H and O–H groups in total. The van der Waals surface area contributed by atoms with Gasteiger partial charge in [0.1, 0.15) is 0 Å². The minimum absolute atomic E-state index is 0.175. The lowest BCUT2D eigenvalue weighted by atomic mass is 9.86. The molecule has 0 aliphatic heterocycles. The van der Waals surface area contributed by atoms with Crippen molar-refractivity contribution in [2.45, 2.75) is 66.3 Å². The summed E-state index contributed by atoms with van der Waals surface area (Å²) in [4.78, 5) is 0. The first kappa shape index (κ1) is 17.2. The summed E-state index contributed by atoms with van der Waals surface area (Å²) in [6.45, 7) is 15.1. The summed E-state index contributed by atoms with van der Waals surface area (Å²) in [5.74, 6) is 0.650. The van der Waals surface area contributed by atoms with Crippen molar-refractivity contribution in [3.05, 3.63) is 35.4 Å². The molecule has 0 saturated heterocycles. The van der Waals surface area contributed by atoms with E-state index < -0.39 is 0 Å². The van der Waals surface area contributed by atoms with Gasteiger partial charge in [-0.05, 0) is 28.9 Å². The molecule has 0 aliphatic rings. The monoisotopic (exact) mass is 249 g/mol. The van der Waals surface area contributed by atoms with Crippen LogP contribution in [0.1, 0.15) is 72.1 Å². The van der Waals surface area contributed by atoms with Crippen LogP contribution >= 0.6 is 0 Å². The molecule has 104 valence electrons. The largest absolute Gasteiger partial charge is 0.324 e. The highest BCUT2D eigenvalue weighted by Gasteiger charge is 2.14. The molecule has 18 heavy (non-hydrogen) atoms. The SMILES string of the molecule is CC.CC(C)CC(N)c1ccc(C(C)(C)C)cc1. The summed E-state index contributed by atoms with van der Waals surface area (Å²) in [7, 11) is 0. The lowest BCUT2D eigenvalue weighted by molar-refractivity contribution is 0.509. The van der Waals surface area contributed by atoms with Gasteiger partial charge >= 0.3 is 0 Å². The highest BCUT2D eigenvalue weighted by Crippen LogP contribution is 2.25. The molecular weight excluding hydrogens is 218 g/mol. The van der Waals surface area contributed by atoms with Crippen molar-refractivity contribution >= 4 is 0 Å². The second-order valence-electron chi connectivity index (χ2n) is 6.11. The number of hydrogen-bond donors (Lipinski definition) is 1. The second-order valence-corrected chi connectivity index (χ2v) is 6.11. The lowest BCUT2D eigenvalue weighted by Gasteiger charge is -2.20. The van der Waals surface area contributed by atoms with Gasteiger partial charge in [-0.15, -0.1) is 0 Å². The Labute approximate surface area is 114 Å². The molecule has 0 bridgehead atoms. The van der Waals surface area contributed by atoms with Crippen LogP contribution in [0.25, 0.3) is 0 Å². The maximum atomic E-state index is 6.16. The van der Waals surface area contributed by atoms with Crippen molar-refractivity contribution < 1.29 is 0 Å². The van der Waals surface area contributed by atoms with Crippen molar-refractivity contribution in [1.29, 1.82) is 0 Å². The first-order chi connectivity index (χ1) is 8.30. The Morgan fingerprint density at radius 1 is 1.00 bits per heavy atom. The van der Waals surface area contributed by atoms with Gasteiger partial charge < -0.3 is 5.73 Å². The zero-order chi connectivity index (χ0) is 14.3. The van der Waals surface area contributed by atoms with Crippen molar-refractivity contribution in [3.63, 3.8) is 0 Å². The molecule has 1 aromatic rings. The topological polar surface area (TPSA) is 26.0 Å². The van der Waals surface area contributed by atoms with Crippen LogP contribution in [0, 0.1) is 5.92 Å². The number of nitrogens with two attached hydrogens (primary N) is 1. The van der Waals surface area contributed by atoms with E-state index in [2.05, 4.69) is 58.9 Å². The Morgan fingerprint density at radius 2 is 1.44 bits per heavy atom. The Hall–Kier alpha value is -0.820. The molecule has 1 unspecified atom stereocenters. The lowest BCUT2D eigenvalue weighted by Crippen LogP contribution is -2.14. The van der Waals surface area contributed by atoms with Crippen LogP contribution in [-0.4, -0.2) is 0 Å². The maximum absolute atomic E-state index is 6.16. The van der Waals surface area contributed by atoms with Gasteiger partial charge in [-0.2, -0.15) is 0 Å². The Balaban J connectivity index is 0.00000137. The molecule has 0 spiro atoms. The highest BCUT2D eigenvalue weighted by molar-refractivity contribution is 5.29. The van der Waals surface area contributed by atoms with Crippen LogP contribution in [0.2, 0.25) is 0 Å². The van der Waals surface area contributed by atoms with E-state index in [9.17, 15) is 0 Å². The molecule has 1 aromatic carbocycles. The summed E-state index contributed by atoms with van der Waals surface area (Å²) in [6, 6.07) is 8.93. The molecule has 1 atom stereocenters. The first-order valence-electron chi connectivity index (χ1n) is 7.16. The van der Waals surface area contributed by atoms with E-state index in [1.807, 2.05) is 13.8 Å². The van der Waals surface area contributed by atoms with Crippen molar-refractivity contribution in [1.82, 2.24) is 0 Å². The van der Waals surface area contributed by atoms with E-state index in [1.54, 1.807) is 0 Å². The van der Waals surface area contributed by atoms with E-state index in [0.29, 0.717) is 5.92 Å². The van der Waals surface area contributed by atoms with Crippen LogP contribution in [0.15, 0.2) is 24.3 Å². The summed E-state index contributed by atoms with van der Waals surface area (Å²) in [5.41, 5.74) is 9.00. The van der Waals surface area contributed by atoms with E-state index in [4.69, 9.17) is 5.73 Å². The Bertz CT molecular complexity index is 316. The minimum atomic E-state index is 0.175. The molecule has 0 amide bonds. The smallest absolute Gasteiger partial charge is 0.0297 e. The summed E-state index contributed by atoms with van der Waals surface area (Å²) < 4.78 is 0. The van der Waals surface area contributed by atoms with Crippen LogP contribution in [0.4, 0.5) is 0 Å². The molecule has 1 heteroatoms. The average molecular weight is 249 g/mol. The molecule has 0 fully saturated rings. The zero-order valence-corrected chi connectivity index (χ0v) is 13.2. The average Bonchev–Trinajstić information content (AvgIpc) is 2.30. The number of hydrogen-bond acceptors (Lipinski definition) is 1. The van der Waals surface area contributed by atoms with Crippen molar-refractivity contribution in [3.8, 4) is 0 Å². The zero-order valence-electron chi connectivity index (χ0n) is 13.2. The third-order valence-electron chi connectivity index (χ3n) is 2.93. The predicted octanol–water partition coefficient (Wildman–Crippen LogP) is 5.06. The summed E-state index contributed by atoms with van der Waals surface area (Å²) in [6.07, 6.45) is 1.05. The molecular formula is C17H31N. The maximum Gasteiger partial charge on any atom is 0.0297 e. The van der Waals surface area contributed by atoms with E-state index in [-0.39, 0.29) is 11.5 Å². The van der Waals surface area contributed by atoms with Crippen LogP contribution in [0.5, 0.6) is 0 Å². The first-order valence-corrected chi connectivity index (χ1v) is 7.16. The van der Waals surface area contributed by atoms with Gasteiger partial charge in [-0.3, -0.25) is 0 Å². The van der Waals surface area contributed by atoms with Gasteiger partial charge in [-0.1, -0.05) is 72.7 Å². The normalized spacial score (nSPS) is 12.9. The van der Waals surface area contributed by atoms with Gasteiger partial charge in [-0.25, -0.2) is 0 Å². The fourth-order valence-corrected chi connectivity index (χ4v) is 1.87. The molecule has 0 aliphatic carbocycles. The Kier molecular flexibility index (Phi) is 7.23. The summed E-state index contributed by atoms with van der Waals surface area (Å²) >= 11 is 0. The molecule has 0 aromatic heterocycles. The standard InChI is InChI=1S/C15H25N.C2H6/c1-11(2)10-14(16)12-6-8-13(9-7-12)15(3,4)5;1-2/h6-9,11,14H,10,16H2,1-5H3;1-2H3. The van der Waals surface area contributed by atoms with Crippen LogP contribution in [-0.2, 0) is 5.41 Å². The molecule has 0 heterocycles. The quantitative estimate of drug-likeness (QED) is 0.796. The highest BCUT2D eigenvalue weighted by atomic mass is 14.6. The molecule has 1 rings (SSSR count). The Morgan fingerprint density at radius 3 is 1.78 bits per heavy atom. The third kappa shape index (κ3) is 5.68. The van der Waals surface area contributed by atoms with Gasteiger partial charge in [0.2, 0.25) is 0 Å². The van der Waals surface area contributed by atoms with Crippen LogP contribution in [0.3, 0.4) is 0 Å². The third-order valence-corrected chi connectivity index (χ3v) is 2.93. The van der Waals surface area contributed by atoms with Gasteiger partial charge in [0.05, 0.1) is 0 Å². The van der Waals surface area contributed by atoms with Gasteiger partial charge in [0.25, 0.3) is 0 Å². The number of benzene rings is 1. The molecule has 1 nitrogen and oxygen atoms in total. The van der Waals surface area contributed by atoms with Crippen molar-refractivity contribution in [2.24, 2.45) is 11.7 Å².